The van der Waals surface area contributed by atoms with E-state index in [0.29, 0.717) is 16.8 Å². The third kappa shape index (κ3) is 16.7. The Morgan fingerprint density at radius 3 is 2.15 bits per heavy atom. The van der Waals surface area contributed by atoms with E-state index in [4.69, 9.17) is 16.9 Å². The van der Waals surface area contributed by atoms with E-state index in [1.165, 1.54) is 19.4 Å². The molecule has 5 aromatic rings. The highest BCUT2D eigenvalue weighted by atomic mass is 16.2. The molecule has 7 atom stereocenters. The first-order chi connectivity index (χ1) is 36.0. The second kappa shape index (κ2) is 27.1. The van der Waals surface area contributed by atoms with E-state index in [2.05, 4.69) is 62.8 Å². The van der Waals surface area contributed by atoms with Gasteiger partial charge in [0.25, 0.3) is 0 Å². The second-order valence-corrected chi connectivity index (χ2v) is 18.0. The first-order valence-electron chi connectivity index (χ1n) is 24.4. The molecule has 0 aliphatic carbocycles. The van der Waals surface area contributed by atoms with Crippen LogP contribution in [0.3, 0.4) is 0 Å². The number of rotatable bonds is 17. The lowest BCUT2D eigenvalue weighted by atomic mass is 10.0. The fourth-order valence-corrected chi connectivity index (χ4v) is 8.46. The van der Waals surface area contributed by atoms with Crippen LogP contribution in [-0.4, -0.2) is 123 Å². The summed E-state index contributed by atoms with van der Waals surface area (Å²) in [7, 11) is 0. The molecular formula is C51H63N15O9. The van der Waals surface area contributed by atoms with Gasteiger partial charge in [-0.05, 0) is 48.4 Å². The smallest absolute Gasteiger partial charge is 0.247 e. The van der Waals surface area contributed by atoms with Gasteiger partial charge in [0.15, 0.2) is 5.96 Å². The van der Waals surface area contributed by atoms with Gasteiger partial charge in [0.2, 0.25) is 53.2 Å². The first-order valence-corrected chi connectivity index (χ1v) is 24.4. The zero-order chi connectivity index (χ0) is 53.9. The highest BCUT2D eigenvalue weighted by Gasteiger charge is 2.35. The first kappa shape index (κ1) is 55.2. The summed E-state index contributed by atoms with van der Waals surface area (Å²) in [5.74, 6) is -7.49. The minimum Gasteiger partial charge on any atom is -0.370 e. The monoisotopic (exact) mass is 1030 g/mol. The van der Waals surface area contributed by atoms with Crippen molar-refractivity contribution in [2.45, 2.75) is 101 Å². The standard InChI is InChI=1S/C51H63N15O9/c1-29(67)60-40(23-30-11-4-2-5-12-30)48(73)61-37-18-19-42(68)56-22-20-38(47(72)64-39(44(52)69)24-32-26-58-35-16-9-8-15-34(32)35)62-45(70)36(17-10-21-57-51(53)54)63-50(75)43(31-13-6-3-7-14-31)66-49(74)41(65-46(37)71)25-33-27-55-28-59-33/h2-9,11-16,26-28,36-41,43,58H,10,17-25H2,1H3,(H2,52,69)(H,55,59)(H,56,68)(H,60,67)(H,61,73)(H,62,70)(H,63,75)(H,64,72)(H,65,71)(H,66,74)(H4,53,54,57)/t36-,37-,38-,39-,40+,41-,43?/m0/s1. The number of hydrogen-bond acceptors (Lipinski definition) is 11. The van der Waals surface area contributed by atoms with Gasteiger partial charge in [-0.1, -0.05) is 78.9 Å². The maximum Gasteiger partial charge on any atom is 0.247 e. The van der Waals surface area contributed by atoms with E-state index in [9.17, 15) is 43.2 Å². The van der Waals surface area contributed by atoms with E-state index >= 15 is 0 Å². The molecule has 9 amide bonds. The van der Waals surface area contributed by atoms with Crippen molar-refractivity contribution in [3.63, 3.8) is 0 Å². The van der Waals surface area contributed by atoms with Gasteiger partial charge in [0, 0.05) is 69.0 Å². The number of carbonyl (C=O) groups is 9. The lowest BCUT2D eigenvalue weighted by Crippen LogP contribution is -2.59. The van der Waals surface area contributed by atoms with Crippen molar-refractivity contribution in [3.05, 3.63) is 126 Å². The van der Waals surface area contributed by atoms with Crippen LogP contribution < -0.4 is 59.3 Å². The highest BCUT2D eigenvalue weighted by Crippen LogP contribution is 2.20. The van der Waals surface area contributed by atoms with Crippen molar-refractivity contribution in [3.8, 4) is 0 Å². The Kier molecular flexibility index (Phi) is 20.0. The quantitative estimate of drug-likeness (QED) is 0.0295. The molecule has 0 spiro atoms. The molecule has 16 N–H and O–H groups in total. The van der Waals surface area contributed by atoms with E-state index in [1.807, 2.05) is 24.3 Å². The molecule has 24 heteroatoms. The van der Waals surface area contributed by atoms with Crippen molar-refractivity contribution in [2.75, 3.05) is 13.1 Å². The second-order valence-electron chi connectivity index (χ2n) is 18.0. The predicted octanol–water partition coefficient (Wildman–Crippen LogP) is -1.25. The van der Waals surface area contributed by atoms with Crippen molar-refractivity contribution in [2.24, 2.45) is 11.5 Å². The van der Waals surface area contributed by atoms with Gasteiger partial charge in [0.05, 0.1) is 12.0 Å². The van der Waals surface area contributed by atoms with Gasteiger partial charge < -0.3 is 69.3 Å². The van der Waals surface area contributed by atoms with Gasteiger partial charge in [-0.2, -0.15) is 0 Å². The summed E-state index contributed by atoms with van der Waals surface area (Å²) in [6.45, 7) is 1.10. The molecule has 75 heavy (non-hydrogen) atoms. The SMILES string of the molecule is CC(=O)N[C@H](Cc1ccccc1)C(=O)N[C@H]1CCC(=O)NCC[C@@H](C(=O)N[C@@H](Cc2c[nH]c3ccccc23)C(N)=O)NC(=O)[C@H](CCCNC(=N)N)NC(=O)C(c2ccccc2)NC(=O)[C@H](Cc2c[nH]cn2)NC1=O. The normalized spacial score (nSPS) is 19.9. The molecule has 24 nitrogen and oxygen atoms in total. The van der Waals surface area contributed by atoms with Crippen LogP contribution >= 0.6 is 0 Å². The van der Waals surface area contributed by atoms with Gasteiger partial charge in [-0.15, -0.1) is 0 Å². The summed E-state index contributed by atoms with van der Waals surface area (Å²) in [5, 5.41) is 32.4. The number of H-pyrrole nitrogens is 2. The number of primary amides is 1. The maximum absolute atomic E-state index is 14.6. The average molecular weight is 1030 g/mol. The number of nitrogens with one attached hydrogen (secondary N) is 12. The Morgan fingerprint density at radius 1 is 0.760 bits per heavy atom. The molecule has 0 bridgehead atoms. The minimum atomic E-state index is -1.50. The lowest BCUT2D eigenvalue weighted by molar-refractivity contribution is -0.136. The van der Waals surface area contributed by atoms with Crippen LogP contribution in [0.25, 0.3) is 10.9 Å². The fourth-order valence-electron chi connectivity index (χ4n) is 8.46. The number of carbonyl (C=O) groups excluding carboxylic acids is 9. The topological polar surface area (TPSA) is 382 Å². The van der Waals surface area contributed by atoms with Crippen molar-refractivity contribution < 1.29 is 43.2 Å². The molecule has 396 valence electrons. The molecule has 2 aromatic heterocycles. The van der Waals surface area contributed by atoms with E-state index in [-0.39, 0.29) is 76.0 Å². The number of aromatic amines is 2. The van der Waals surface area contributed by atoms with Gasteiger partial charge >= 0.3 is 0 Å². The Bertz CT molecular complexity index is 2810. The number of nitrogens with zero attached hydrogens (tertiary/aromatic N) is 1. The number of guanidine groups is 1. The van der Waals surface area contributed by atoms with Gasteiger partial charge in [-0.3, -0.25) is 48.6 Å². The molecule has 1 fully saturated rings. The van der Waals surface area contributed by atoms with Crippen molar-refractivity contribution >= 4 is 70.0 Å². The fraction of sp³-hybridized carbons (Fsp3) is 0.353. The highest BCUT2D eigenvalue weighted by molar-refractivity contribution is 5.98. The van der Waals surface area contributed by atoms with Crippen LogP contribution in [0.15, 0.2) is 104 Å². The summed E-state index contributed by atoms with van der Waals surface area (Å²) in [6, 6.07) is 14.5. The Labute approximate surface area is 431 Å². The van der Waals surface area contributed by atoms with Crippen LogP contribution in [0.5, 0.6) is 0 Å². The third-order valence-corrected chi connectivity index (χ3v) is 12.3. The minimum absolute atomic E-state index is 0.0252. The number of hydrogen-bond donors (Lipinski definition) is 14. The molecule has 1 aliphatic rings. The third-order valence-electron chi connectivity index (χ3n) is 12.3. The number of aromatic nitrogens is 3. The maximum atomic E-state index is 14.6. The molecule has 1 aliphatic heterocycles. The summed E-state index contributed by atoms with van der Waals surface area (Å²) in [6.07, 6.45) is 3.45. The van der Waals surface area contributed by atoms with Gasteiger partial charge in [-0.25, -0.2) is 4.98 Å². The molecular weight excluding hydrogens is 967 g/mol. The Hall–Kier alpha value is -9.09. The van der Waals surface area contributed by atoms with Crippen LogP contribution in [0.4, 0.5) is 0 Å². The Morgan fingerprint density at radius 2 is 1.45 bits per heavy atom. The lowest BCUT2D eigenvalue weighted by Gasteiger charge is -2.28. The molecule has 3 heterocycles. The van der Waals surface area contributed by atoms with Crippen LogP contribution in [0.1, 0.15) is 67.5 Å². The predicted molar refractivity (Wildman–Crippen MR) is 274 cm³/mol. The molecule has 1 saturated heterocycles. The van der Waals surface area contributed by atoms with Crippen molar-refractivity contribution in [1.82, 2.24) is 62.8 Å². The largest absolute Gasteiger partial charge is 0.370 e. The summed E-state index contributed by atoms with van der Waals surface area (Å²) >= 11 is 0. The number of para-hydroxylation sites is 1. The molecule has 6 rings (SSSR count). The van der Waals surface area contributed by atoms with Gasteiger partial charge in [0.1, 0.15) is 42.3 Å². The summed E-state index contributed by atoms with van der Waals surface area (Å²) < 4.78 is 0. The summed E-state index contributed by atoms with van der Waals surface area (Å²) in [5.41, 5.74) is 14.1. The van der Waals surface area contributed by atoms with Crippen LogP contribution in [-0.2, 0) is 62.4 Å². The number of nitrogens with two attached hydrogens (primary N) is 2. The number of imidazole rings is 1. The molecule has 0 saturated carbocycles. The van der Waals surface area contributed by atoms with Crippen LogP contribution in [0, 0.1) is 5.41 Å². The van der Waals surface area contributed by atoms with E-state index in [1.54, 1.807) is 66.9 Å². The van der Waals surface area contributed by atoms with Crippen molar-refractivity contribution in [1.29, 1.82) is 5.41 Å². The Balaban J connectivity index is 1.34. The number of amides is 9. The average Bonchev–Trinajstić information content (AvgIpc) is 4.06. The zero-order valence-electron chi connectivity index (χ0n) is 41.2. The van der Waals surface area contributed by atoms with E-state index < -0.39 is 95.5 Å². The molecule has 1 unspecified atom stereocenters. The van der Waals surface area contributed by atoms with E-state index in [0.717, 1.165) is 10.9 Å². The number of fused-ring (bicyclic) bond motifs is 1. The molecule has 3 aromatic carbocycles. The van der Waals surface area contributed by atoms with Crippen LogP contribution in [0.2, 0.25) is 0 Å². The zero-order valence-corrected chi connectivity index (χ0v) is 41.2. The number of benzene rings is 3. The molecule has 0 radical (unpaired) electrons. The summed E-state index contributed by atoms with van der Waals surface area (Å²) in [4.78, 5) is 135.